The van der Waals surface area contributed by atoms with Crippen LogP contribution in [0, 0.1) is 0 Å². The van der Waals surface area contributed by atoms with Gasteiger partial charge in [0.1, 0.15) is 5.75 Å². The van der Waals surface area contributed by atoms with Gasteiger partial charge in [-0.05, 0) is 72.7 Å². The second kappa shape index (κ2) is 7.49. The summed E-state index contributed by atoms with van der Waals surface area (Å²) >= 11 is 0. The molecule has 4 nitrogen and oxygen atoms in total. The van der Waals surface area contributed by atoms with E-state index in [1.807, 2.05) is 30.3 Å². The third-order valence-electron chi connectivity index (χ3n) is 4.48. The Morgan fingerprint density at radius 1 is 1.08 bits per heavy atom. The van der Waals surface area contributed by atoms with Crippen molar-refractivity contribution in [3.8, 4) is 16.9 Å². The van der Waals surface area contributed by atoms with Gasteiger partial charge < -0.3 is 15.6 Å². The predicted octanol–water partition coefficient (Wildman–Crippen LogP) is 3.66. The van der Waals surface area contributed by atoms with Gasteiger partial charge in [-0.15, -0.1) is 0 Å². The molecule has 4 heteroatoms. The molecule has 0 aromatic heterocycles. The fourth-order valence-corrected chi connectivity index (χ4v) is 3.21. The lowest BCUT2D eigenvalue weighted by Gasteiger charge is -2.23. The van der Waals surface area contributed by atoms with Crippen LogP contribution in [0.1, 0.15) is 48.0 Å². The lowest BCUT2D eigenvalue weighted by Crippen LogP contribution is -2.19. The SMILES string of the molecule is NC(=O)c1cccc(-c2cc(CO)cc(OC3CCCCC3)c2)c1. The van der Waals surface area contributed by atoms with E-state index in [1.165, 1.54) is 19.3 Å². The van der Waals surface area contributed by atoms with Gasteiger partial charge in [0.2, 0.25) is 5.91 Å². The molecular weight excluding hydrogens is 302 g/mol. The first kappa shape index (κ1) is 16.5. The van der Waals surface area contributed by atoms with Crippen LogP contribution in [0.4, 0.5) is 0 Å². The lowest BCUT2D eigenvalue weighted by atomic mass is 9.97. The Kier molecular flexibility index (Phi) is 5.16. The van der Waals surface area contributed by atoms with Gasteiger partial charge in [-0.1, -0.05) is 18.6 Å². The van der Waals surface area contributed by atoms with Gasteiger partial charge in [-0.25, -0.2) is 0 Å². The molecule has 0 heterocycles. The zero-order valence-corrected chi connectivity index (χ0v) is 13.7. The Morgan fingerprint density at radius 2 is 1.88 bits per heavy atom. The van der Waals surface area contributed by atoms with E-state index in [4.69, 9.17) is 10.5 Å². The molecule has 1 aliphatic rings. The normalized spacial score (nSPS) is 15.2. The van der Waals surface area contributed by atoms with E-state index in [2.05, 4.69) is 0 Å². The van der Waals surface area contributed by atoms with Gasteiger partial charge in [0.05, 0.1) is 12.7 Å². The quantitative estimate of drug-likeness (QED) is 0.881. The predicted molar refractivity (Wildman–Crippen MR) is 93.8 cm³/mol. The van der Waals surface area contributed by atoms with Gasteiger partial charge >= 0.3 is 0 Å². The lowest BCUT2D eigenvalue weighted by molar-refractivity contribution is 0.100. The highest BCUT2D eigenvalue weighted by atomic mass is 16.5. The molecule has 0 aliphatic heterocycles. The Bertz CT molecular complexity index is 721. The number of aliphatic hydroxyl groups is 1. The van der Waals surface area contributed by atoms with Crippen molar-refractivity contribution in [2.24, 2.45) is 5.73 Å². The summed E-state index contributed by atoms with van der Waals surface area (Å²) in [5.41, 5.74) is 8.43. The molecule has 126 valence electrons. The largest absolute Gasteiger partial charge is 0.490 e. The second-order valence-corrected chi connectivity index (χ2v) is 6.35. The van der Waals surface area contributed by atoms with Crippen LogP contribution >= 0.6 is 0 Å². The number of benzene rings is 2. The minimum atomic E-state index is -0.450. The number of carbonyl (C=O) groups is 1. The first-order chi connectivity index (χ1) is 11.7. The molecular formula is C20H23NO3. The molecule has 24 heavy (non-hydrogen) atoms. The van der Waals surface area contributed by atoms with E-state index in [0.717, 1.165) is 35.3 Å². The Morgan fingerprint density at radius 3 is 2.58 bits per heavy atom. The van der Waals surface area contributed by atoms with Crippen LogP contribution < -0.4 is 10.5 Å². The van der Waals surface area contributed by atoms with Crippen molar-refractivity contribution in [2.45, 2.75) is 44.8 Å². The second-order valence-electron chi connectivity index (χ2n) is 6.35. The monoisotopic (exact) mass is 325 g/mol. The Balaban J connectivity index is 1.91. The maximum Gasteiger partial charge on any atom is 0.248 e. The van der Waals surface area contributed by atoms with Gasteiger partial charge in [0.15, 0.2) is 0 Å². The van der Waals surface area contributed by atoms with Gasteiger partial charge in [0.25, 0.3) is 0 Å². The van der Waals surface area contributed by atoms with Crippen molar-refractivity contribution in [3.63, 3.8) is 0 Å². The van der Waals surface area contributed by atoms with E-state index in [0.29, 0.717) is 5.56 Å². The fourth-order valence-electron chi connectivity index (χ4n) is 3.21. The molecule has 0 saturated heterocycles. The van der Waals surface area contributed by atoms with E-state index in [1.54, 1.807) is 12.1 Å². The third-order valence-corrected chi connectivity index (χ3v) is 4.48. The molecule has 2 aromatic carbocycles. The number of rotatable bonds is 5. The number of hydrogen-bond donors (Lipinski definition) is 2. The van der Waals surface area contributed by atoms with Crippen LogP contribution in [0.5, 0.6) is 5.75 Å². The summed E-state index contributed by atoms with van der Waals surface area (Å²) in [5, 5.41) is 9.55. The summed E-state index contributed by atoms with van der Waals surface area (Å²) in [6.07, 6.45) is 6.10. The molecule has 0 spiro atoms. The molecule has 2 aromatic rings. The first-order valence-corrected chi connectivity index (χ1v) is 8.47. The number of carbonyl (C=O) groups excluding carboxylic acids is 1. The Labute approximate surface area is 142 Å². The number of amides is 1. The molecule has 3 rings (SSSR count). The highest BCUT2D eigenvalue weighted by Crippen LogP contribution is 2.30. The first-order valence-electron chi connectivity index (χ1n) is 8.47. The van der Waals surface area contributed by atoms with Gasteiger partial charge in [-0.2, -0.15) is 0 Å². The highest BCUT2D eigenvalue weighted by molar-refractivity contribution is 5.94. The van der Waals surface area contributed by atoms with Crippen LogP contribution in [-0.4, -0.2) is 17.1 Å². The maximum atomic E-state index is 11.4. The summed E-state index contributed by atoms with van der Waals surface area (Å²) < 4.78 is 6.13. The number of aliphatic hydroxyl groups excluding tert-OH is 1. The summed E-state index contributed by atoms with van der Waals surface area (Å²) in [7, 11) is 0. The average Bonchev–Trinajstić information content (AvgIpc) is 2.62. The summed E-state index contributed by atoms with van der Waals surface area (Å²) in [6, 6.07) is 13.0. The van der Waals surface area contributed by atoms with Crippen molar-refractivity contribution in [3.05, 3.63) is 53.6 Å². The maximum absolute atomic E-state index is 11.4. The molecule has 3 N–H and O–H groups in total. The number of primary amides is 1. The molecule has 0 atom stereocenters. The van der Waals surface area contributed by atoms with Crippen LogP contribution in [0.3, 0.4) is 0 Å². The number of nitrogens with two attached hydrogens (primary N) is 1. The molecule has 0 unspecified atom stereocenters. The Hall–Kier alpha value is -2.33. The minimum Gasteiger partial charge on any atom is -0.490 e. The summed E-state index contributed by atoms with van der Waals surface area (Å²) in [5.74, 6) is 0.321. The standard InChI is InChI=1S/C20H23NO3/c21-20(23)16-6-4-5-15(11-16)17-9-14(13-22)10-19(12-17)24-18-7-2-1-3-8-18/h4-6,9-12,18,22H,1-3,7-8,13H2,(H2,21,23). The third kappa shape index (κ3) is 3.95. The number of ether oxygens (including phenoxy) is 1. The molecule has 0 bridgehead atoms. The average molecular weight is 325 g/mol. The van der Waals surface area contributed by atoms with Crippen molar-refractivity contribution in [1.29, 1.82) is 0 Å². The molecule has 1 fully saturated rings. The zero-order valence-electron chi connectivity index (χ0n) is 13.7. The highest BCUT2D eigenvalue weighted by Gasteiger charge is 2.16. The minimum absolute atomic E-state index is 0.0512. The fraction of sp³-hybridized carbons (Fsp3) is 0.350. The summed E-state index contributed by atoms with van der Waals surface area (Å²) in [4.78, 5) is 11.4. The van der Waals surface area contributed by atoms with Gasteiger partial charge in [0, 0.05) is 5.56 Å². The molecule has 0 radical (unpaired) electrons. The smallest absolute Gasteiger partial charge is 0.248 e. The van der Waals surface area contributed by atoms with Crippen LogP contribution in [-0.2, 0) is 6.61 Å². The van der Waals surface area contributed by atoms with Crippen molar-refractivity contribution in [2.75, 3.05) is 0 Å². The molecule has 1 saturated carbocycles. The molecule has 1 aliphatic carbocycles. The van der Waals surface area contributed by atoms with E-state index >= 15 is 0 Å². The van der Waals surface area contributed by atoms with E-state index in [-0.39, 0.29) is 12.7 Å². The van der Waals surface area contributed by atoms with Crippen LogP contribution in [0.2, 0.25) is 0 Å². The van der Waals surface area contributed by atoms with Crippen molar-refractivity contribution < 1.29 is 14.6 Å². The zero-order chi connectivity index (χ0) is 16.9. The molecule has 1 amide bonds. The topological polar surface area (TPSA) is 72.6 Å². The van der Waals surface area contributed by atoms with Crippen LogP contribution in [0.25, 0.3) is 11.1 Å². The van der Waals surface area contributed by atoms with E-state index < -0.39 is 5.91 Å². The van der Waals surface area contributed by atoms with E-state index in [9.17, 15) is 9.90 Å². The van der Waals surface area contributed by atoms with Crippen LogP contribution in [0.15, 0.2) is 42.5 Å². The van der Waals surface area contributed by atoms with Crippen molar-refractivity contribution >= 4 is 5.91 Å². The number of hydrogen-bond acceptors (Lipinski definition) is 3. The van der Waals surface area contributed by atoms with Gasteiger partial charge in [-0.3, -0.25) is 4.79 Å². The summed E-state index contributed by atoms with van der Waals surface area (Å²) in [6.45, 7) is -0.0512. The van der Waals surface area contributed by atoms with Crippen molar-refractivity contribution in [1.82, 2.24) is 0 Å².